The summed E-state index contributed by atoms with van der Waals surface area (Å²) in [4.78, 5) is 37.8. The number of hydrogen-bond acceptors (Lipinski definition) is 8. The number of ether oxygens (including phenoxy) is 2. The van der Waals surface area contributed by atoms with Crippen molar-refractivity contribution in [3.8, 4) is 0 Å². The molecule has 0 saturated carbocycles. The van der Waals surface area contributed by atoms with Crippen LogP contribution in [0.3, 0.4) is 0 Å². The average Bonchev–Trinajstić information content (AvgIpc) is 3.30. The van der Waals surface area contributed by atoms with E-state index in [1.165, 1.54) is 44.9 Å². The zero-order valence-corrected chi connectivity index (χ0v) is 44.7. The van der Waals surface area contributed by atoms with Gasteiger partial charge in [0.1, 0.15) is 19.8 Å². The van der Waals surface area contributed by atoms with Gasteiger partial charge < -0.3 is 27.9 Å². The second kappa shape index (κ2) is 48.7. The third-order valence-electron chi connectivity index (χ3n) is 10.8. The van der Waals surface area contributed by atoms with Crippen molar-refractivity contribution in [3.05, 3.63) is 109 Å². The van der Waals surface area contributed by atoms with Gasteiger partial charge >= 0.3 is 11.9 Å². The summed E-state index contributed by atoms with van der Waals surface area (Å²) in [5.41, 5.74) is 0. The van der Waals surface area contributed by atoms with Crippen LogP contribution >= 0.6 is 7.82 Å². The number of carbonyl (C=O) groups is 2. The molecule has 0 rings (SSSR count). The van der Waals surface area contributed by atoms with E-state index in [1.807, 2.05) is 21.1 Å². The molecule has 9 nitrogen and oxygen atoms in total. The minimum atomic E-state index is -4.65. The van der Waals surface area contributed by atoms with E-state index in [2.05, 4.69) is 123 Å². The molecule has 0 aromatic rings. The van der Waals surface area contributed by atoms with Crippen LogP contribution in [-0.4, -0.2) is 70.0 Å². The van der Waals surface area contributed by atoms with Crippen molar-refractivity contribution in [1.82, 2.24) is 0 Å². The van der Waals surface area contributed by atoms with Gasteiger partial charge in [0.05, 0.1) is 27.7 Å². The summed E-state index contributed by atoms with van der Waals surface area (Å²) in [5.74, 6) is -0.873. The summed E-state index contributed by atoms with van der Waals surface area (Å²) >= 11 is 0. The van der Waals surface area contributed by atoms with Crippen LogP contribution in [0.25, 0.3) is 0 Å². The van der Waals surface area contributed by atoms with E-state index < -0.39 is 32.5 Å². The van der Waals surface area contributed by atoms with Gasteiger partial charge in [0.25, 0.3) is 7.82 Å². The van der Waals surface area contributed by atoms with E-state index in [-0.39, 0.29) is 26.1 Å². The van der Waals surface area contributed by atoms with Crippen LogP contribution in [0.2, 0.25) is 0 Å². The largest absolute Gasteiger partial charge is 0.756 e. The van der Waals surface area contributed by atoms with Crippen LogP contribution in [0.4, 0.5) is 0 Å². The molecule has 0 aliphatic carbocycles. The lowest BCUT2D eigenvalue weighted by Gasteiger charge is -2.28. The molecule has 0 aromatic carbocycles. The lowest BCUT2D eigenvalue weighted by atomic mass is 10.0. The van der Waals surface area contributed by atoms with Crippen LogP contribution in [0.5, 0.6) is 0 Å². The Labute approximate surface area is 416 Å². The topological polar surface area (TPSA) is 111 Å². The zero-order chi connectivity index (χ0) is 49.9. The number of hydrogen-bond donors (Lipinski definition) is 0. The summed E-state index contributed by atoms with van der Waals surface area (Å²) in [6.07, 6.45) is 66.9. The molecule has 0 saturated heterocycles. The highest BCUT2D eigenvalue weighted by molar-refractivity contribution is 7.45. The highest BCUT2D eigenvalue weighted by Crippen LogP contribution is 2.38. The highest BCUT2D eigenvalue weighted by atomic mass is 31.2. The van der Waals surface area contributed by atoms with Gasteiger partial charge in [-0.15, -0.1) is 0 Å². The van der Waals surface area contributed by atoms with Gasteiger partial charge in [-0.05, 0) is 96.3 Å². The summed E-state index contributed by atoms with van der Waals surface area (Å²) < 4.78 is 34.0. The molecule has 2 unspecified atom stereocenters. The first kappa shape index (κ1) is 64.7. The average molecular weight is 968 g/mol. The minimum Gasteiger partial charge on any atom is -0.756 e. The number of esters is 2. The van der Waals surface area contributed by atoms with Crippen molar-refractivity contribution in [2.45, 2.75) is 200 Å². The lowest BCUT2D eigenvalue weighted by molar-refractivity contribution is -0.870. The highest BCUT2D eigenvalue weighted by Gasteiger charge is 2.21. The van der Waals surface area contributed by atoms with Gasteiger partial charge in [0.2, 0.25) is 0 Å². The third kappa shape index (κ3) is 52.0. The Bertz CT molecular complexity index is 1520. The number of nitrogens with zero attached hydrogens (tertiary/aromatic N) is 1. The Morgan fingerprint density at radius 3 is 1.18 bits per heavy atom. The smallest absolute Gasteiger partial charge is 0.306 e. The standard InChI is InChI=1S/C58H98NO8P/c1-6-8-10-12-14-16-18-20-22-24-25-26-27-28-29-30-31-32-33-35-37-39-41-43-45-47-49-51-58(61)67-56(55-66-68(62,63)65-53-52-59(3,4)5)54-64-57(60)50-48-46-44-42-40-38-36-34-23-21-19-17-15-13-11-9-7-2/h8-11,14-17,20-23,25-26,28-29,36,38,56H,6-7,12-13,18-19,24,27,30-35,37,39-55H2,1-5H3/b10-8-,11-9-,16-14-,17-15-,22-20-,23-21-,26-25-,29-28-,38-36-. The summed E-state index contributed by atoms with van der Waals surface area (Å²) in [7, 11) is 1.13. The van der Waals surface area contributed by atoms with E-state index >= 15 is 0 Å². The second-order valence-electron chi connectivity index (χ2n) is 18.5. The van der Waals surface area contributed by atoms with Gasteiger partial charge in [-0.3, -0.25) is 14.2 Å². The molecule has 0 N–H and O–H groups in total. The van der Waals surface area contributed by atoms with Gasteiger partial charge in [0, 0.05) is 12.8 Å². The molecule has 2 atom stereocenters. The van der Waals surface area contributed by atoms with E-state index in [0.29, 0.717) is 23.9 Å². The van der Waals surface area contributed by atoms with Crippen LogP contribution in [-0.2, 0) is 32.7 Å². The van der Waals surface area contributed by atoms with E-state index in [9.17, 15) is 19.0 Å². The first-order valence-electron chi connectivity index (χ1n) is 26.6. The molecule has 0 heterocycles. The Morgan fingerprint density at radius 1 is 0.456 bits per heavy atom. The molecule has 0 radical (unpaired) electrons. The fourth-order valence-corrected chi connectivity index (χ4v) is 7.46. The molecule has 0 spiro atoms. The third-order valence-corrected chi connectivity index (χ3v) is 11.8. The number of quaternary nitrogens is 1. The van der Waals surface area contributed by atoms with Gasteiger partial charge in [-0.2, -0.15) is 0 Å². The maximum atomic E-state index is 12.8. The van der Waals surface area contributed by atoms with Crippen LogP contribution in [0, 0.1) is 0 Å². The van der Waals surface area contributed by atoms with E-state index in [1.54, 1.807) is 0 Å². The minimum absolute atomic E-state index is 0.0415. The van der Waals surface area contributed by atoms with Crippen molar-refractivity contribution in [3.63, 3.8) is 0 Å². The maximum Gasteiger partial charge on any atom is 0.306 e. The van der Waals surface area contributed by atoms with Crippen molar-refractivity contribution in [2.24, 2.45) is 0 Å². The summed E-state index contributed by atoms with van der Waals surface area (Å²) in [6, 6.07) is 0. The Kier molecular flexibility index (Phi) is 46.3. The Balaban J connectivity index is 4.25. The number of carbonyl (C=O) groups excluding carboxylic acids is 2. The van der Waals surface area contributed by atoms with E-state index in [4.69, 9.17) is 18.5 Å². The molecule has 0 amide bonds. The van der Waals surface area contributed by atoms with Crippen molar-refractivity contribution in [2.75, 3.05) is 47.5 Å². The SMILES string of the molecule is CC/C=C\C/C=C\C/C=C\C/C=C\C/C=C\CCCCCCCCCCCCCC(=O)OC(COC(=O)CCCCCC/C=C\C/C=C\C/C=C\C/C=C\CC)COP(=O)([O-])OCC[N+](C)(C)C. The predicted octanol–water partition coefficient (Wildman–Crippen LogP) is 15.6. The van der Waals surface area contributed by atoms with Gasteiger partial charge in [-0.25, -0.2) is 0 Å². The lowest BCUT2D eigenvalue weighted by Crippen LogP contribution is -2.37. The summed E-state index contributed by atoms with van der Waals surface area (Å²) in [5, 5.41) is 0. The molecule has 68 heavy (non-hydrogen) atoms. The molecule has 0 aromatic heterocycles. The monoisotopic (exact) mass is 968 g/mol. The van der Waals surface area contributed by atoms with Crippen LogP contribution in [0.1, 0.15) is 194 Å². The molecule has 0 fully saturated rings. The molecule has 0 aliphatic rings. The first-order chi connectivity index (χ1) is 33.0. The molecule has 0 bridgehead atoms. The van der Waals surface area contributed by atoms with E-state index in [0.717, 1.165) is 109 Å². The number of phosphoric ester groups is 1. The number of likely N-dealkylation sites (N-methyl/N-ethyl adjacent to an activating group) is 1. The van der Waals surface area contributed by atoms with Gasteiger partial charge in [0.15, 0.2) is 6.10 Å². The number of allylic oxidation sites excluding steroid dienone is 18. The second-order valence-corrected chi connectivity index (χ2v) is 19.9. The van der Waals surface area contributed by atoms with Gasteiger partial charge in [-0.1, -0.05) is 194 Å². The fourth-order valence-electron chi connectivity index (χ4n) is 6.73. The number of unbranched alkanes of at least 4 members (excludes halogenated alkanes) is 15. The normalized spacial score (nSPS) is 14.3. The van der Waals surface area contributed by atoms with Crippen molar-refractivity contribution >= 4 is 19.8 Å². The summed E-state index contributed by atoms with van der Waals surface area (Å²) in [6.45, 7) is 3.96. The Morgan fingerprint density at radius 2 is 0.794 bits per heavy atom. The van der Waals surface area contributed by atoms with Crippen LogP contribution < -0.4 is 4.89 Å². The van der Waals surface area contributed by atoms with Crippen molar-refractivity contribution in [1.29, 1.82) is 0 Å². The Hall–Kier alpha value is -3.33. The van der Waals surface area contributed by atoms with Crippen LogP contribution in [0.15, 0.2) is 109 Å². The fraction of sp³-hybridized carbons (Fsp3) is 0.655. The first-order valence-corrected chi connectivity index (χ1v) is 28.1. The number of phosphoric acid groups is 1. The van der Waals surface area contributed by atoms with Crippen molar-refractivity contribution < 1.29 is 42.1 Å². The molecule has 388 valence electrons. The predicted molar refractivity (Wildman–Crippen MR) is 286 cm³/mol. The molecule has 10 heteroatoms. The molecular weight excluding hydrogens is 870 g/mol. The molecular formula is C58H98NO8P. The zero-order valence-electron chi connectivity index (χ0n) is 43.8. The quantitative estimate of drug-likeness (QED) is 0.0195. The number of rotatable bonds is 47. The maximum absolute atomic E-state index is 12.8. The molecule has 0 aliphatic heterocycles.